The summed E-state index contributed by atoms with van der Waals surface area (Å²) in [5.41, 5.74) is 1.19. The predicted molar refractivity (Wildman–Crippen MR) is 82.6 cm³/mol. The summed E-state index contributed by atoms with van der Waals surface area (Å²) in [6, 6.07) is 8.10. The average molecular weight is 341 g/mol. The molecule has 0 saturated carbocycles. The first kappa shape index (κ1) is 15.5. The molecule has 1 aromatic carbocycles. The molecule has 1 aliphatic heterocycles. The molecule has 0 aliphatic carbocycles. The van der Waals surface area contributed by atoms with Crippen molar-refractivity contribution in [2.24, 2.45) is 0 Å². The molecule has 2 rings (SSSR count). The van der Waals surface area contributed by atoms with Crippen molar-refractivity contribution >= 4 is 21.8 Å². The molecule has 1 aliphatic rings. The number of hydrogen-bond donors (Lipinski definition) is 1. The van der Waals surface area contributed by atoms with Gasteiger partial charge in [-0.05, 0) is 24.1 Å². The molecule has 1 amide bonds. The lowest BCUT2D eigenvalue weighted by molar-refractivity contribution is -0.132. The van der Waals surface area contributed by atoms with Crippen LogP contribution < -0.4 is 0 Å². The van der Waals surface area contributed by atoms with Crippen molar-refractivity contribution in [3.05, 3.63) is 34.3 Å². The van der Waals surface area contributed by atoms with E-state index >= 15 is 0 Å². The van der Waals surface area contributed by atoms with E-state index in [2.05, 4.69) is 33.0 Å². The monoisotopic (exact) mass is 340 g/mol. The summed E-state index contributed by atoms with van der Waals surface area (Å²) in [6.07, 6.45) is 1.35. The Hall–Kier alpha value is -0.910. The Labute approximate surface area is 128 Å². The fourth-order valence-electron chi connectivity index (χ4n) is 2.46. The fourth-order valence-corrected chi connectivity index (χ4v) is 2.91. The quantitative estimate of drug-likeness (QED) is 0.883. The second-order valence-electron chi connectivity index (χ2n) is 5.08. The number of β-amino-alcohol motifs (C(OH)–C–C–N with tert-alkyl or cyclic N) is 1. The molecule has 4 nitrogen and oxygen atoms in total. The van der Waals surface area contributed by atoms with Crippen LogP contribution >= 0.6 is 15.9 Å². The molecule has 0 radical (unpaired) electrons. The number of aliphatic hydroxyl groups is 1. The highest BCUT2D eigenvalue weighted by Gasteiger charge is 2.20. The van der Waals surface area contributed by atoms with Crippen molar-refractivity contribution < 1.29 is 9.90 Å². The largest absolute Gasteiger partial charge is 0.395 e. The van der Waals surface area contributed by atoms with Crippen molar-refractivity contribution in [3.8, 4) is 0 Å². The third-order valence-corrected chi connectivity index (χ3v) is 4.15. The molecule has 0 atom stereocenters. The van der Waals surface area contributed by atoms with Crippen LogP contribution in [0.25, 0.3) is 0 Å². The van der Waals surface area contributed by atoms with Crippen molar-refractivity contribution in [1.29, 1.82) is 0 Å². The lowest BCUT2D eigenvalue weighted by atomic mass is 10.1. The van der Waals surface area contributed by atoms with Gasteiger partial charge in [0.1, 0.15) is 0 Å². The third kappa shape index (κ3) is 4.58. The van der Waals surface area contributed by atoms with E-state index in [0.29, 0.717) is 13.0 Å². The Morgan fingerprint density at radius 2 is 2.00 bits per heavy atom. The number of hydrogen-bond acceptors (Lipinski definition) is 3. The zero-order valence-electron chi connectivity index (χ0n) is 11.6. The molecular weight excluding hydrogens is 320 g/mol. The van der Waals surface area contributed by atoms with Crippen molar-refractivity contribution in [3.63, 3.8) is 0 Å². The summed E-state index contributed by atoms with van der Waals surface area (Å²) in [6.45, 7) is 4.18. The van der Waals surface area contributed by atoms with Crippen LogP contribution in [0.5, 0.6) is 0 Å². The number of carbonyl (C=O) groups excluding carboxylic acids is 1. The van der Waals surface area contributed by atoms with E-state index in [1.54, 1.807) is 0 Å². The van der Waals surface area contributed by atoms with Crippen molar-refractivity contribution in [2.75, 3.05) is 39.3 Å². The van der Waals surface area contributed by atoms with E-state index in [1.807, 2.05) is 17.0 Å². The Morgan fingerprint density at radius 1 is 1.25 bits per heavy atom. The highest BCUT2D eigenvalue weighted by molar-refractivity contribution is 9.10. The molecule has 110 valence electrons. The van der Waals surface area contributed by atoms with E-state index in [9.17, 15) is 4.79 Å². The van der Waals surface area contributed by atoms with E-state index in [4.69, 9.17) is 5.11 Å². The normalized spacial score (nSPS) is 16.4. The summed E-state index contributed by atoms with van der Waals surface area (Å²) >= 11 is 3.45. The standard InChI is InChI=1S/C15H21BrN2O2/c16-14-3-1-2-13(12-14)4-5-15(20)18-8-6-17(7-9-18)10-11-19/h1-3,12,19H,4-11H2. The van der Waals surface area contributed by atoms with Gasteiger partial charge in [-0.15, -0.1) is 0 Å². The second-order valence-corrected chi connectivity index (χ2v) is 5.99. The maximum atomic E-state index is 12.2. The smallest absolute Gasteiger partial charge is 0.222 e. The highest BCUT2D eigenvalue weighted by Crippen LogP contribution is 2.14. The van der Waals surface area contributed by atoms with Crippen molar-refractivity contribution in [1.82, 2.24) is 9.80 Å². The van der Waals surface area contributed by atoms with Gasteiger partial charge in [-0.3, -0.25) is 9.69 Å². The molecule has 1 saturated heterocycles. The van der Waals surface area contributed by atoms with Gasteiger partial charge in [0.25, 0.3) is 0 Å². The van der Waals surface area contributed by atoms with Crippen LogP contribution in [-0.4, -0.2) is 60.1 Å². The predicted octanol–water partition coefficient (Wildman–Crippen LogP) is 1.52. The molecule has 0 spiro atoms. The molecule has 1 fully saturated rings. The Bertz CT molecular complexity index is 445. The summed E-state index contributed by atoms with van der Waals surface area (Å²) in [5.74, 6) is 0.230. The lowest BCUT2D eigenvalue weighted by Crippen LogP contribution is -2.49. The third-order valence-electron chi connectivity index (χ3n) is 3.66. The number of aryl methyl sites for hydroxylation is 1. The maximum Gasteiger partial charge on any atom is 0.222 e. The minimum Gasteiger partial charge on any atom is -0.395 e. The number of halogens is 1. The number of rotatable bonds is 5. The molecule has 1 heterocycles. The fraction of sp³-hybridized carbons (Fsp3) is 0.533. The van der Waals surface area contributed by atoms with Crippen LogP contribution in [0, 0.1) is 0 Å². The first-order valence-corrected chi connectivity index (χ1v) is 7.84. The van der Waals surface area contributed by atoms with Gasteiger partial charge in [0, 0.05) is 43.6 Å². The van der Waals surface area contributed by atoms with Crippen molar-refractivity contribution in [2.45, 2.75) is 12.8 Å². The van der Waals surface area contributed by atoms with Crippen LogP contribution in [0.1, 0.15) is 12.0 Å². The van der Waals surface area contributed by atoms with Gasteiger partial charge in [0.15, 0.2) is 0 Å². The number of carbonyl (C=O) groups is 1. The molecule has 0 bridgehead atoms. The SMILES string of the molecule is O=C(CCc1cccc(Br)c1)N1CCN(CCO)CC1. The number of amides is 1. The maximum absolute atomic E-state index is 12.2. The van der Waals surface area contributed by atoms with E-state index in [-0.39, 0.29) is 12.5 Å². The van der Waals surface area contributed by atoms with Crippen LogP contribution in [0.4, 0.5) is 0 Å². The van der Waals surface area contributed by atoms with Crippen LogP contribution in [0.2, 0.25) is 0 Å². The number of nitrogens with zero attached hydrogens (tertiary/aromatic N) is 2. The molecular formula is C15H21BrN2O2. The number of aliphatic hydroxyl groups excluding tert-OH is 1. The van der Waals surface area contributed by atoms with Gasteiger partial charge >= 0.3 is 0 Å². The van der Waals surface area contributed by atoms with Gasteiger partial charge in [0.05, 0.1) is 6.61 Å². The average Bonchev–Trinajstić information content (AvgIpc) is 2.46. The van der Waals surface area contributed by atoms with Crippen LogP contribution in [-0.2, 0) is 11.2 Å². The first-order chi connectivity index (χ1) is 9.69. The molecule has 5 heteroatoms. The topological polar surface area (TPSA) is 43.8 Å². The second kappa shape index (κ2) is 7.76. The zero-order valence-corrected chi connectivity index (χ0v) is 13.2. The van der Waals surface area contributed by atoms with Gasteiger partial charge in [0.2, 0.25) is 5.91 Å². The summed E-state index contributed by atoms with van der Waals surface area (Å²) in [5, 5.41) is 8.90. The number of piperazine rings is 1. The van der Waals surface area contributed by atoms with E-state index in [0.717, 1.165) is 37.1 Å². The minimum atomic E-state index is 0.191. The van der Waals surface area contributed by atoms with Crippen LogP contribution in [0.3, 0.4) is 0 Å². The van der Waals surface area contributed by atoms with E-state index < -0.39 is 0 Å². The molecule has 1 aromatic rings. The summed E-state index contributed by atoms with van der Waals surface area (Å²) in [4.78, 5) is 16.3. The molecule has 1 N–H and O–H groups in total. The molecule has 20 heavy (non-hydrogen) atoms. The highest BCUT2D eigenvalue weighted by atomic mass is 79.9. The first-order valence-electron chi connectivity index (χ1n) is 7.04. The lowest BCUT2D eigenvalue weighted by Gasteiger charge is -2.34. The Kier molecular flexibility index (Phi) is 6.01. The Balaban J connectivity index is 1.76. The molecule has 0 aromatic heterocycles. The zero-order chi connectivity index (χ0) is 14.4. The van der Waals surface area contributed by atoms with Gasteiger partial charge in [-0.1, -0.05) is 28.1 Å². The summed E-state index contributed by atoms with van der Waals surface area (Å²) < 4.78 is 1.06. The molecule has 0 unspecified atom stereocenters. The van der Waals surface area contributed by atoms with Gasteiger partial charge < -0.3 is 10.0 Å². The summed E-state index contributed by atoms with van der Waals surface area (Å²) in [7, 11) is 0. The number of benzene rings is 1. The van der Waals surface area contributed by atoms with Crippen LogP contribution in [0.15, 0.2) is 28.7 Å². The van der Waals surface area contributed by atoms with Gasteiger partial charge in [-0.2, -0.15) is 0 Å². The minimum absolute atomic E-state index is 0.191. The van der Waals surface area contributed by atoms with E-state index in [1.165, 1.54) is 5.56 Å². The Morgan fingerprint density at radius 3 is 2.65 bits per heavy atom. The van der Waals surface area contributed by atoms with Gasteiger partial charge in [-0.25, -0.2) is 0 Å².